The molecular weight excluding hydrogens is 364 g/mol. The van der Waals surface area contributed by atoms with Crippen LogP contribution < -0.4 is 0 Å². The first-order valence-electron chi connectivity index (χ1n) is 11.6. The Bertz CT molecular complexity index is 582. The van der Waals surface area contributed by atoms with Crippen LogP contribution in [0.2, 0.25) is 0 Å². The average Bonchev–Trinajstić information content (AvgIpc) is 2.72. The van der Waals surface area contributed by atoms with Gasteiger partial charge in [-0.1, -0.05) is 84.1 Å². The van der Waals surface area contributed by atoms with E-state index in [2.05, 4.69) is 13.8 Å². The lowest BCUT2D eigenvalue weighted by atomic mass is 10.1. The second-order valence-electron chi connectivity index (χ2n) is 7.90. The van der Waals surface area contributed by atoms with Crippen molar-refractivity contribution < 1.29 is 19.1 Å². The third kappa shape index (κ3) is 11.7. The summed E-state index contributed by atoms with van der Waals surface area (Å²) < 4.78 is 10.8. The lowest BCUT2D eigenvalue weighted by molar-refractivity contribution is 0.0323. The van der Waals surface area contributed by atoms with Crippen molar-refractivity contribution in [1.29, 1.82) is 0 Å². The fourth-order valence-electron chi connectivity index (χ4n) is 3.33. The highest BCUT2D eigenvalue weighted by Gasteiger charge is 2.14. The Morgan fingerprint density at radius 3 is 1.93 bits per heavy atom. The van der Waals surface area contributed by atoms with Gasteiger partial charge in [-0.05, 0) is 38.0 Å². The van der Waals surface area contributed by atoms with Gasteiger partial charge in [-0.2, -0.15) is 0 Å². The Hall–Kier alpha value is -1.84. The lowest BCUT2D eigenvalue weighted by Gasteiger charge is -2.12. The zero-order valence-corrected chi connectivity index (χ0v) is 18.7. The van der Waals surface area contributed by atoms with Gasteiger partial charge in [0.05, 0.1) is 23.8 Å². The van der Waals surface area contributed by atoms with E-state index in [4.69, 9.17) is 9.47 Å². The molecule has 1 aromatic carbocycles. The first kappa shape index (κ1) is 25.2. The highest BCUT2D eigenvalue weighted by molar-refractivity contribution is 5.95. The summed E-state index contributed by atoms with van der Waals surface area (Å²) in [5.74, 6) is -0.771. The van der Waals surface area contributed by atoms with Crippen LogP contribution in [0.4, 0.5) is 0 Å². The standard InChI is InChI=1S/C25H40O4/c1-4-6-7-8-9-10-11-12-13-14-19-28-24(26)22-17-15-18-23(20-22)25(27)29-21(3)16-5-2/h15,17-18,20-21H,4-14,16,19H2,1-3H3. The van der Waals surface area contributed by atoms with Crippen molar-refractivity contribution >= 4 is 11.9 Å². The molecule has 1 aromatic rings. The smallest absolute Gasteiger partial charge is 0.338 e. The minimum absolute atomic E-state index is 0.126. The molecule has 0 heterocycles. The van der Waals surface area contributed by atoms with Gasteiger partial charge in [-0.15, -0.1) is 0 Å². The van der Waals surface area contributed by atoms with Crippen molar-refractivity contribution in [1.82, 2.24) is 0 Å². The average molecular weight is 405 g/mol. The molecule has 1 atom stereocenters. The molecule has 0 aromatic heterocycles. The van der Waals surface area contributed by atoms with Gasteiger partial charge < -0.3 is 9.47 Å². The molecule has 29 heavy (non-hydrogen) atoms. The van der Waals surface area contributed by atoms with E-state index in [9.17, 15) is 9.59 Å². The molecule has 164 valence electrons. The summed E-state index contributed by atoms with van der Waals surface area (Å²) in [6.07, 6.45) is 14.1. The van der Waals surface area contributed by atoms with Gasteiger partial charge in [0, 0.05) is 0 Å². The minimum Gasteiger partial charge on any atom is -0.462 e. The molecule has 1 rings (SSSR count). The summed E-state index contributed by atoms with van der Waals surface area (Å²) in [5.41, 5.74) is 0.788. The molecular formula is C25H40O4. The van der Waals surface area contributed by atoms with E-state index < -0.39 is 5.97 Å². The third-order valence-electron chi connectivity index (χ3n) is 5.07. The van der Waals surface area contributed by atoms with Gasteiger partial charge in [-0.3, -0.25) is 0 Å². The van der Waals surface area contributed by atoms with E-state index >= 15 is 0 Å². The molecule has 0 radical (unpaired) electrons. The van der Waals surface area contributed by atoms with Gasteiger partial charge in [0.1, 0.15) is 0 Å². The normalized spacial score (nSPS) is 11.8. The van der Waals surface area contributed by atoms with Crippen molar-refractivity contribution in [2.75, 3.05) is 6.61 Å². The molecule has 0 N–H and O–H groups in total. The summed E-state index contributed by atoms with van der Waals surface area (Å²) in [6, 6.07) is 6.59. The quantitative estimate of drug-likeness (QED) is 0.218. The number of hydrogen-bond donors (Lipinski definition) is 0. The molecule has 0 aliphatic carbocycles. The predicted molar refractivity (Wildman–Crippen MR) is 118 cm³/mol. The first-order valence-corrected chi connectivity index (χ1v) is 11.6. The zero-order valence-electron chi connectivity index (χ0n) is 18.7. The number of carbonyl (C=O) groups is 2. The number of benzene rings is 1. The molecule has 0 spiro atoms. The summed E-state index contributed by atoms with van der Waals surface area (Å²) in [6.45, 7) is 6.60. The van der Waals surface area contributed by atoms with Crippen LogP contribution in [0.15, 0.2) is 24.3 Å². The Kier molecular flexibility index (Phi) is 13.9. The first-order chi connectivity index (χ1) is 14.1. The van der Waals surface area contributed by atoms with Crippen LogP contribution >= 0.6 is 0 Å². The molecule has 0 aliphatic heterocycles. The van der Waals surface area contributed by atoms with Crippen LogP contribution in [0, 0.1) is 0 Å². The van der Waals surface area contributed by atoms with E-state index in [1.54, 1.807) is 24.3 Å². The maximum absolute atomic E-state index is 12.2. The lowest BCUT2D eigenvalue weighted by Crippen LogP contribution is -2.15. The number of hydrogen-bond acceptors (Lipinski definition) is 4. The van der Waals surface area contributed by atoms with Gasteiger partial charge in [0.2, 0.25) is 0 Å². The summed E-state index contributed by atoms with van der Waals surface area (Å²) >= 11 is 0. The Morgan fingerprint density at radius 2 is 1.34 bits per heavy atom. The van der Waals surface area contributed by atoms with E-state index in [0.717, 1.165) is 25.7 Å². The molecule has 0 aliphatic rings. The fraction of sp³-hybridized carbons (Fsp3) is 0.680. The van der Waals surface area contributed by atoms with Gasteiger partial charge in [-0.25, -0.2) is 9.59 Å². The van der Waals surface area contributed by atoms with Gasteiger partial charge in [0.15, 0.2) is 0 Å². The Morgan fingerprint density at radius 1 is 0.793 bits per heavy atom. The maximum Gasteiger partial charge on any atom is 0.338 e. The van der Waals surface area contributed by atoms with E-state index in [1.807, 2.05) is 6.92 Å². The molecule has 0 saturated carbocycles. The topological polar surface area (TPSA) is 52.6 Å². The molecule has 0 amide bonds. The molecule has 1 unspecified atom stereocenters. The molecule has 4 nitrogen and oxygen atoms in total. The van der Waals surface area contributed by atoms with Crippen molar-refractivity contribution in [3.63, 3.8) is 0 Å². The molecule has 0 fully saturated rings. The van der Waals surface area contributed by atoms with E-state index in [1.165, 1.54) is 51.4 Å². The SMILES string of the molecule is CCCCCCCCCCCCOC(=O)c1cccc(C(=O)OC(C)CCC)c1. The van der Waals surface area contributed by atoms with Crippen LogP contribution in [-0.4, -0.2) is 24.6 Å². The molecule has 0 saturated heterocycles. The van der Waals surface area contributed by atoms with Crippen LogP contribution in [0.5, 0.6) is 0 Å². The number of rotatable bonds is 16. The van der Waals surface area contributed by atoms with Crippen molar-refractivity contribution in [3.05, 3.63) is 35.4 Å². The largest absolute Gasteiger partial charge is 0.462 e. The second kappa shape index (κ2) is 16.0. The Labute approximate surface area is 177 Å². The van der Waals surface area contributed by atoms with Crippen LogP contribution in [0.25, 0.3) is 0 Å². The summed E-state index contributed by atoms with van der Waals surface area (Å²) in [4.78, 5) is 24.4. The van der Waals surface area contributed by atoms with Crippen LogP contribution in [0.3, 0.4) is 0 Å². The van der Waals surface area contributed by atoms with Crippen molar-refractivity contribution in [3.8, 4) is 0 Å². The molecule has 4 heteroatoms. The highest BCUT2D eigenvalue weighted by atomic mass is 16.5. The molecule has 0 bridgehead atoms. The van der Waals surface area contributed by atoms with Crippen LogP contribution in [0.1, 0.15) is 119 Å². The monoisotopic (exact) mass is 404 g/mol. The Balaban J connectivity index is 2.22. The van der Waals surface area contributed by atoms with Crippen molar-refractivity contribution in [2.45, 2.75) is 104 Å². The van der Waals surface area contributed by atoms with Crippen LogP contribution in [-0.2, 0) is 9.47 Å². The number of esters is 2. The second-order valence-corrected chi connectivity index (χ2v) is 7.90. The van der Waals surface area contributed by atoms with Crippen molar-refractivity contribution in [2.24, 2.45) is 0 Å². The van der Waals surface area contributed by atoms with Gasteiger partial charge >= 0.3 is 11.9 Å². The summed E-state index contributed by atoms with van der Waals surface area (Å²) in [5, 5.41) is 0. The van der Waals surface area contributed by atoms with E-state index in [-0.39, 0.29) is 12.1 Å². The minimum atomic E-state index is -0.393. The van der Waals surface area contributed by atoms with E-state index in [0.29, 0.717) is 17.7 Å². The maximum atomic E-state index is 12.2. The predicted octanol–water partition coefficient (Wildman–Crippen LogP) is 7.11. The summed E-state index contributed by atoms with van der Waals surface area (Å²) in [7, 11) is 0. The fourth-order valence-corrected chi connectivity index (χ4v) is 3.33. The van der Waals surface area contributed by atoms with Gasteiger partial charge in [0.25, 0.3) is 0 Å². The number of unbranched alkanes of at least 4 members (excludes halogenated alkanes) is 9. The number of ether oxygens (including phenoxy) is 2. The number of carbonyl (C=O) groups excluding carboxylic acids is 2. The third-order valence-corrected chi connectivity index (χ3v) is 5.07. The highest BCUT2D eigenvalue weighted by Crippen LogP contribution is 2.13. The zero-order chi connectivity index (χ0) is 21.3.